The van der Waals surface area contributed by atoms with Crippen LogP contribution < -0.4 is 0 Å². The Bertz CT molecular complexity index is 864. The van der Waals surface area contributed by atoms with Crippen LogP contribution in [0.15, 0.2) is 52.1 Å². The molecular formula is C16H12ClNO4S. The van der Waals surface area contributed by atoms with Crippen LogP contribution >= 0.6 is 11.6 Å². The Kier molecular flexibility index (Phi) is 4.56. The fourth-order valence-corrected chi connectivity index (χ4v) is 3.24. The third-order valence-electron chi connectivity index (χ3n) is 3.17. The number of aromatic nitrogens is 1. The second-order valence-electron chi connectivity index (χ2n) is 4.77. The highest BCUT2D eigenvalue weighted by Crippen LogP contribution is 2.24. The first kappa shape index (κ1) is 15.9. The molecule has 0 spiro atoms. The van der Waals surface area contributed by atoms with Gasteiger partial charge in [-0.15, -0.1) is 0 Å². The average Bonchev–Trinajstić information content (AvgIpc) is 2.97. The number of carbonyl (C=O) groups excluding carboxylic acids is 1. The number of fused-ring (bicyclic) bond motifs is 1. The first-order chi connectivity index (χ1) is 11.1. The average molecular weight is 350 g/mol. The Morgan fingerprint density at radius 3 is 2.96 bits per heavy atom. The molecule has 0 bridgehead atoms. The lowest BCUT2D eigenvalue weighted by Gasteiger charge is -2.06. The van der Waals surface area contributed by atoms with Crippen LogP contribution in [0.3, 0.4) is 0 Å². The number of rotatable bonds is 4. The molecule has 2 aromatic carbocycles. The van der Waals surface area contributed by atoms with Crippen molar-refractivity contribution in [1.82, 2.24) is 4.98 Å². The predicted molar refractivity (Wildman–Crippen MR) is 86.9 cm³/mol. The van der Waals surface area contributed by atoms with Crippen molar-refractivity contribution in [3.05, 3.63) is 58.6 Å². The van der Waals surface area contributed by atoms with Crippen LogP contribution in [0.2, 0.25) is 5.02 Å². The monoisotopic (exact) mass is 349 g/mol. The van der Waals surface area contributed by atoms with E-state index in [1.54, 1.807) is 42.5 Å². The molecule has 0 aliphatic heterocycles. The zero-order chi connectivity index (χ0) is 16.4. The first-order valence-corrected chi connectivity index (χ1v) is 8.38. The molecule has 0 aliphatic rings. The van der Waals surface area contributed by atoms with E-state index in [-0.39, 0.29) is 11.0 Å². The summed E-state index contributed by atoms with van der Waals surface area (Å²) in [5, 5.41) is 0.655. The summed E-state index contributed by atoms with van der Waals surface area (Å²) in [7, 11) is 1.32. The zero-order valence-corrected chi connectivity index (χ0v) is 13.7. The van der Waals surface area contributed by atoms with E-state index < -0.39 is 17.1 Å². The molecule has 0 aliphatic carbocycles. The summed E-state index contributed by atoms with van der Waals surface area (Å²) in [6.45, 7) is 0. The van der Waals surface area contributed by atoms with Gasteiger partial charge in [0.25, 0.3) is 0 Å². The molecule has 1 aromatic heterocycles. The third-order valence-corrected chi connectivity index (χ3v) is 4.57. The highest BCUT2D eigenvalue weighted by Gasteiger charge is 2.21. The van der Waals surface area contributed by atoms with Gasteiger partial charge in [0, 0.05) is 16.7 Å². The third kappa shape index (κ3) is 3.50. The van der Waals surface area contributed by atoms with Crippen LogP contribution in [-0.2, 0) is 21.7 Å². The van der Waals surface area contributed by atoms with Crippen molar-refractivity contribution in [3.63, 3.8) is 0 Å². The van der Waals surface area contributed by atoms with E-state index in [4.69, 9.17) is 16.0 Å². The number of hydrogen-bond acceptors (Lipinski definition) is 5. The summed E-state index contributed by atoms with van der Waals surface area (Å²) in [6, 6.07) is 11.8. The number of carbonyl (C=O) groups is 1. The van der Waals surface area contributed by atoms with Crippen LogP contribution in [0.4, 0.5) is 0 Å². The SMILES string of the molecule is COC(=O)c1cccc(C[S+]([O-])c2nc3ccc(Cl)cc3o2)c1. The summed E-state index contributed by atoms with van der Waals surface area (Å²) in [6.07, 6.45) is 0. The van der Waals surface area contributed by atoms with Gasteiger partial charge in [-0.05, 0) is 24.3 Å². The number of methoxy groups -OCH3 is 1. The Labute approximate surface area is 140 Å². The lowest BCUT2D eigenvalue weighted by Crippen LogP contribution is -2.07. The minimum Gasteiger partial charge on any atom is -0.607 e. The predicted octanol–water partition coefficient (Wildman–Crippen LogP) is 3.58. The number of hydrogen-bond donors (Lipinski definition) is 0. The van der Waals surface area contributed by atoms with Gasteiger partial charge in [0.15, 0.2) is 5.58 Å². The van der Waals surface area contributed by atoms with E-state index in [0.29, 0.717) is 21.7 Å². The van der Waals surface area contributed by atoms with Gasteiger partial charge in [-0.3, -0.25) is 0 Å². The number of halogens is 1. The topological polar surface area (TPSA) is 75.4 Å². The first-order valence-electron chi connectivity index (χ1n) is 6.68. The molecule has 23 heavy (non-hydrogen) atoms. The Hall–Kier alpha value is -2.02. The summed E-state index contributed by atoms with van der Waals surface area (Å²) in [5.74, 6) is -0.250. The Morgan fingerprint density at radius 2 is 2.17 bits per heavy atom. The van der Waals surface area contributed by atoms with E-state index in [1.165, 1.54) is 7.11 Å². The van der Waals surface area contributed by atoms with Crippen molar-refractivity contribution >= 4 is 39.8 Å². The maximum Gasteiger partial charge on any atom is 0.416 e. The lowest BCUT2D eigenvalue weighted by atomic mass is 10.1. The maximum absolute atomic E-state index is 12.4. The maximum atomic E-state index is 12.4. The Morgan fingerprint density at radius 1 is 1.35 bits per heavy atom. The number of esters is 1. The standard InChI is InChI=1S/C16H12ClNO4S/c1-21-15(19)11-4-2-3-10(7-11)9-23(20)16-18-13-6-5-12(17)8-14(13)22-16/h2-8H,9H2,1H3. The molecule has 0 amide bonds. The fourth-order valence-electron chi connectivity index (χ4n) is 2.09. The van der Waals surface area contributed by atoms with Crippen LogP contribution in [0.5, 0.6) is 0 Å². The molecular weight excluding hydrogens is 338 g/mol. The molecule has 118 valence electrons. The van der Waals surface area contributed by atoms with Gasteiger partial charge in [0.1, 0.15) is 11.3 Å². The van der Waals surface area contributed by atoms with E-state index >= 15 is 0 Å². The van der Waals surface area contributed by atoms with E-state index in [0.717, 1.165) is 5.56 Å². The lowest BCUT2D eigenvalue weighted by molar-refractivity contribution is 0.0600. The normalized spacial score (nSPS) is 12.3. The molecule has 3 rings (SSSR count). The van der Waals surface area contributed by atoms with Gasteiger partial charge in [-0.2, -0.15) is 4.98 Å². The number of benzene rings is 2. The molecule has 1 heterocycles. The van der Waals surface area contributed by atoms with Gasteiger partial charge >= 0.3 is 11.2 Å². The van der Waals surface area contributed by atoms with Gasteiger partial charge in [-0.1, -0.05) is 23.7 Å². The summed E-state index contributed by atoms with van der Waals surface area (Å²) < 4.78 is 22.6. The van der Waals surface area contributed by atoms with E-state index in [9.17, 15) is 9.35 Å². The van der Waals surface area contributed by atoms with Crippen molar-refractivity contribution in [1.29, 1.82) is 0 Å². The molecule has 1 unspecified atom stereocenters. The second-order valence-corrected chi connectivity index (χ2v) is 6.54. The van der Waals surface area contributed by atoms with E-state index in [2.05, 4.69) is 9.72 Å². The summed E-state index contributed by atoms with van der Waals surface area (Å²) in [4.78, 5) is 15.7. The van der Waals surface area contributed by atoms with Gasteiger partial charge < -0.3 is 13.7 Å². The smallest absolute Gasteiger partial charge is 0.416 e. The van der Waals surface area contributed by atoms with Crippen molar-refractivity contribution < 1.29 is 18.5 Å². The number of nitrogens with zero attached hydrogens (tertiary/aromatic N) is 1. The summed E-state index contributed by atoms with van der Waals surface area (Å²) in [5.41, 5.74) is 2.23. The highest BCUT2D eigenvalue weighted by atomic mass is 35.5. The van der Waals surface area contributed by atoms with Crippen molar-refractivity contribution in [2.45, 2.75) is 11.0 Å². The number of oxazole rings is 1. The van der Waals surface area contributed by atoms with Crippen LogP contribution in [0.1, 0.15) is 15.9 Å². The highest BCUT2D eigenvalue weighted by molar-refractivity contribution is 7.90. The molecule has 0 radical (unpaired) electrons. The fraction of sp³-hybridized carbons (Fsp3) is 0.125. The molecule has 1 atom stereocenters. The molecule has 7 heteroatoms. The van der Waals surface area contributed by atoms with Crippen LogP contribution in [0.25, 0.3) is 11.1 Å². The van der Waals surface area contributed by atoms with Crippen molar-refractivity contribution in [2.24, 2.45) is 0 Å². The second kappa shape index (κ2) is 6.62. The molecule has 0 N–H and O–H groups in total. The number of ether oxygens (including phenoxy) is 1. The largest absolute Gasteiger partial charge is 0.607 e. The van der Waals surface area contributed by atoms with Gasteiger partial charge in [0.2, 0.25) is 0 Å². The Balaban J connectivity index is 1.82. The molecule has 0 saturated heterocycles. The van der Waals surface area contributed by atoms with Gasteiger partial charge in [-0.25, -0.2) is 4.79 Å². The summed E-state index contributed by atoms with van der Waals surface area (Å²) >= 11 is 4.42. The van der Waals surface area contributed by atoms with Crippen LogP contribution in [-0.4, -0.2) is 22.6 Å². The van der Waals surface area contributed by atoms with E-state index in [1.807, 2.05) is 0 Å². The quantitative estimate of drug-likeness (QED) is 0.531. The minimum absolute atomic E-state index is 0.130. The molecule has 5 nitrogen and oxygen atoms in total. The van der Waals surface area contributed by atoms with Crippen molar-refractivity contribution in [3.8, 4) is 0 Å². The molecule has 3 aromatic rings. The molecule has 0 saturated carbocycles. The zero-order valence-electron chi connectivity index (χ0n) is 12.1. The minimum atomic E-state index is -1.47. The van der Waals surface area contributed by atoms with Gasteiger partial charge in [0.05, 0.1) is 23.8 Å². The van der Waals surface area contributed by atoms with Crippen LogP contribution in [0, 0.1) is 0 Å². The molecule has 0 fully saturated rings. The van der Waals surface area contributed by atoms with Crippen molar-refractivity contribution in [2.75, 3.05) is 7.11 Å².